The van der Waals surface area contributed by atoms with Crippen LogP contribution >= 0.6 is 22.9 Å². The van der Waals surface area contributed by atoms with Crippen LogP contribution in [-0.2, 0) is 6.61 Å². The lowest BCUT2D eigenvalue weighted by Gasteiger charge is -2.07. The summed E-state index contributed by atoms with van der Waals surface area (Å²) in [6.07, 6.45) is 1.72. The fraction of sp³-hybridized carbons (Fsp3) is 0.0526. The van der Waals surface area contributed by atoms with E-state index in [4.69, 9.17) is 22.1 Å². The summed E-state index contributed by atoms with van der Waals surface area (Å²) in [5, 5.41) is 1.42. The van der Waals surface area contributed by atoms with E-state index in [9.17, 15) is 4.79 Å². The van der Waals surface area contributed by atoms with Crippen LogP contribution < -0.4 is 10.5 Å². The fourth-order valence-electron chi connectivity index (χ4n) is 2.67. The Morgan fingerprint density at radius 3 is 2.77 bits per heavy atom. The topological polar surface area (TPSA) is 70.1 Å². The van der Waals surface area contributed by atoms with Crippen LogP contribution in [0, 0.1) is 0 Å². The summed E-state index contributed by atoms with van der Waals surface area (Å²) in [6.45, 7) is 0.251. The highest BCUT2D eigenvalue weighted by Gasteiger charge is 2.18. The van der Waals surface area contributed by atoms with Crippen molar-refractivity contribution in [3.05, 3.63) is 76.4 Å². The van der Waals surface area contributed by atoms with Gasteiger partial charge in [0.2, 0.25) is 0 Å². The molecule has 0 aliphatic heterocycles. The van der Waals surface area contributed by atoms with E-state index < -0.39 is 5.91 Å². The van der Waals surface area contributed by atoms with Crippen molar-refractivity contribution in [1.82, 2.24) is 9.55 Å². The third-order valence-corrected chi connectivity index (χ3v) is 5.44. The summed E-state index contributed by atoms with van der Waals surface area (Å²) < 4.78 is 7.76. The van der Waals surface area contributed by atoms with Crippen molar-refractivity contribution in [3.63, 3.8) is 0 Å². The maximum absolute atomic E-state index is 11.8. The maximum atomic E-state index is 11.8. The molecule has 0 spiro atoms. The normalized spacial score (nSPS) is 11.0. The molecule has 0 radical (unpaired) electrons. The van der Waals surface area contributed by atoms with Crippen molar-refractivity contribution < 1.29 is 9.53 Å². The van der Waals surface area contributed by atoms with Gasteiger partial charge >= 0.3 is 0 Å². The summed E-state index contributed by atoms with van der Waals surface area (Å²) in [5.74, 6) is -0.0879. The zero-order valence-corrected chi connectivity index (χ0v) is 15.1. The molecule has 0 saturated heterocycles. The van der Waals surface area contributed by atoms with Crippen molar-refractivity contribution in [2.75, 3.05) is 0 Å². The highest BCUT2D eigenvalue weighted by molar-refractivity contribution is 7.16. The van der Waals surface area contributed by atoms with Gasteiger partial charge in [-0.25, -0.2) is 4.98 Å². The van der Waals surface area contributed by atoms with Crippen LogP contribution in [0.15, 0.2) is 60.9 Å². The van der Waals surface area contributed by atoms with Gasteiger partial charge in [-0.15, -0.1) is 11.3 Å². The van der Waals surface area contributed by atoms with Gasteiger partial charge in [-0.3, -0.25) is 9.36 Å². The lowest BCUT2D eigenvalue weighted by molar-refractivity contribution is 0.1000. The van der Waals surface area contributed by atoms with Gasteiger partial charge in [0, 0.05) is 16.7 Å². The molecule has 2 aromatic carbocycles. The Hall–Kier alpha value is -2.83. The Labute approximate surface area is 158 Å². The van der Waals surface area contributed by atoms with E-state index in [0.717, 1.165) is 21.6 Å². The highest BCUT2D eigenvalue weighted by Crippen LogP contribution is 2.34. The van der Waals surface area contributed by atoms with Crippen molar-refractivity contribution in [1.29, 1.82) is 0 Å². The Morgan fingerprint density at radius 2 is 1.96 bits per heavy atom. The van der Waals surface area contributed by atoms with Gasteiger partial charge in [-0.1, -0.05) is 41.9 Å². The number of ether oxygens (including phenoxy) is 1. The van der Waals surface area contributed by atoms with Crippen molar-refractivity contribution in [2.45, 2.75) is 6.61 Å². The minimum atomic E-state index is -0.528. The van der Waals surface area contributed by atoms with Crippen LogP contribution in [-0.4, -0.2) is 15.5 Å². The SMILES string of the molecule is NC(=O)c1sc(-n2cnc3ccccc32)cc1OCc1ccccc1Cl. The summed E-state index contributed by atoms with van der Waals surface area (Å²) in [6, 6.07) is 17.0. The first-order valence-corrected chi connectivity index (χ1v) is 9.05. The minimum Gasteiger partial charge on any atom is -0.487 e. The highest BCUT2D eigenvalue weighted by atomic mass is 35.5. The molecule has 0 unspecified atom stereocenters. The van der Waals surface area contributed by atoms with Crippen LogP contribution in [0.2, 0.25) is 5.02 Å². The van der Waals surface area contributed by atoms with Gasteiger partial charge in [0.25, 0.3) is 5.91 Å². The van der Waals surface area contributed by atoms with E-state index >= 15 is 0 Å². The molecule has 0 aliphatic carbocycles. The lowest BCUT2D eigenvalue weighted by Crippen LogP contribution is -2.10. The average molecular weight is 384 g/mol. The molecule has 2 heterocycles. The second-order valence-electron chi connectivity index (χ2n) is 5.63. The molecular formula is C19H14ClN3O2S. The number of hydrogen-bond donors (Lipinski definition) is 1. The number of carbonyl (C=O) groups excluding carboxylic acids is 1. The molecule has 4 aromatic rings. The fourth-order valence-corrected chi connectivity index (χ4v) is 3.79. The van der Waals surface area contributed by atoms with Crippen LogP contribution in [0.5, 0.6) is 5.75 Å². The smallest absolute Gasteiger partial charge is 0.262 e. The minimum absolute atomic E-state index is 0.251. The zero-order valence-electron chi connectivity index (χ0n) is 13.6. The Kier molecular flexibility index (Phi) is 4.36. The van der Waals surface area contributed by atoms with Crippen molar-refractivity contribution >= 4 is 39.9 Å². The maximum Gasteiger partial charge on any atom is 0.262 e. The summed E-state index contributed by atoms with van der Waals surface area (Å²) >= 11 is 7.43. The molecule has 26 heavy (non-hydrogen) atoms. The average Bonchev–Trinajstić information content (AvgIpc) is 3.25. The quantitative estimate of drug-likeness (QED) is 0.554. The predicted octanol–water partition coefficient (Wildman–Crippen LogP) is 4.42. The second-order valence-corrected chi connectivity index (χ2v) is 7.06. The number of benzene rings is 2. The number of hydrogen-bond acceptors (Lipinski definition) is 4. The predicted molar refractivity (Wildman–Crippen MR) is 103 cm³/mol. The number of fused-ring (bicyclic) bond motifs is 1. The number of nitrogens with zero attached hydrogens (tertiary/aromatic N) is 2. The number of aromatic nitrogens is 2. The molecule has 2 aromatic heterocycles. The number of thiophene rings is 1. The first-order chi connectivity index (χ1) is 12.6. The van der Waals surface area contributed by atoms with Crippen molar-refractivity contribution in [2.24, 2.45) is 5.73 Å². The number of primary amides is 1. The monoisotopic (exact) mass is 383 g/mol. The molecule has 130 valence electrons. The van der Waals surface area contributed by atoms with E-state index in [2.05, 4.69) is 4.98 Å². The van der Waals surface area contributed by atoms with Gasteiger partial charge in [0.15, 0.2) is 0 Å². The van der Waals surface area contributed by atoms with Crippen molar-refractivity contribution in [3.8, 4) is 10.8 Å². The molecule has 0 atom stereocenters. The molecule has 4 rings (SSSR count). The summed E-state index contributed by atoms with van der Waals surface area (Å²) in [7, 11) is 0. The molecule has 0 fully saturated rings. The first kappa shape index (κ1) is 16.6. The number of rotatable bonds is 5. The number of halogens is 1. The number of nitrogens with two attached hydrogens (primary N) is 1. The second kappa shape index (κ2) is 6.82. The van der Waals surface area contributed by atoms with Gasteiger partial charge in [-0.2, -0.15) is 0 Å². The third-order valence-electron chi connectivity index (χ3n) is 3.94. The molecule has 0 aliphatic rings. The van der Waals surface area contributed by atoms with Crippen LogP contribution in [0.1, 0.15) is 15.2 Å². The zero-order chi connectivity index (χ0) is 18.1. The summed E-state index contributed by atoms with van der Waals surface area (Å²) in [4.78, 5) is 16.6. The van der Waals surface area contributed by atoms with Crippen LogP contribution in [0.3, 0.4) is 0 Å². The molecule has 5 nitrogen and oxygen atoms in total. The van der Waals surface area contributed by atoms with Crippen LogP contribution in [0.4, 0.5) is 0 Å². The number of amides is 1. The van der Waals surface area contributed by atoms with Crippen LogP contribution in [0.25, 0.3) is 16.0 Å². The third kappa shape index (κ3) is 3.05. The molecule has 0 saturated carbocycles. The lowest BCUT2D eigenvalue weighted by atomic mass is 10.2. The van der Waals surface area contributed by atoms with E-state index in [0.29, 0.717) is 15.6 Å². The summed E-state index contributed by atoms with van der Waals surface area (Å²) in [5.41, 5.74) is 8.19. The van der Waals surface area contributed by atoms with E-state index in [1.807, 2.05) is 47.0 Å². The Bertz CT molecular complexity index is 1100. The number of carbonyl (C=O) groups is 1. The Morgan fingerprint density at radius 1 is 1.19 bits per heavy atom. The van der Waals surface area contributed by atoms with E-state index in [1.54, 1.807) is 18.5 Å². The van der Waals surface area contributed by atoms with Gasteiger partial charge in [0.1, 0.15) is 28.6 Å². The molecule has 0 bridgehead atoms. The standard InChI is InChI=1S/C19H14ClN3O2S/c20-13-6-2-1-5-12(13)10-25-16-9-17(26-18(16)19(21)24)23-11-22-14-7-3-4-8-15(14)23/h1-9,11H,10H2,(H2,21,24). The molecule has 2 N–H and O–H groups in total. The first-order valence-electron chi connectivity index (χ1n) is 7.86. The number of para-hydroxylation sites is 2. The Balaban J connectivity index is 1.69. The number of imidazole rings is 1. The molecule has 1 amide bonds. The van der Waals surface area contributed by atoms with Gasteiger partial charge in [-0.05, 0) is 18.2 Å². The largest absolute Gasteiger partial charge is 0.487 e. The molecular weight excluding hydrogens is 370 g/mol. The van der Waals surface area contributed by atoms with E-state index in [-0.39, 0.29) is 6.61 Å². The molecule has 7 heteroatoms. The van der Waals surface area contributed by atoms with E-state index in [1.165, 1.54) is 11.3 Å². The van der Waals surface area contributed by atoms with Gasteiger partial charge in [0.05, 0.1) is 11.0 Å². The van der Waals surface area contributed by atoms with Gasteiger partial charge < -0.3 is 10.5 Å².